The number of furan rings is 1. The van der Waals surface area contributed by atoms with E-state index in [-0.39, 0.29) is 0 Å². The summed E-state index contributed by atoms with van der Waals surface area (Å²) in [4.78, 5) is 4.08. The Bertz CT molecular complexity index is 742. The zero-order valence-electron chi connectivity index (χ0n) is 12.7. The van der Waals surface area contributed by atoms with Crippen LogP contribution >= 0.6 is 0 Å². The zero-order chi connectivity index (χ0) is 15.5. The molecule has 0 N–H and O–H groups in total. The Labute approximate surface area is 134 Å². The summed E-state index contributed by atoms with van der Waals surface area (Å²) in [5.41, 5.74) is 2.11. The molecule has 1 aliphatic rings. The zero-order valence-corrected chi connectivity index (χ0v) is 12.7. The molecule has 23 heavy (non-hydrogen) atoms. The highest BCUT2D eigenvalue weighted by molar-refractivity contribution is 5.50. The summed E-state index contributed by atoms with van der Waals surface area (Å²) in [6.07, 6.45) is 11.4. The summed E-state index contributed by atoms with van der Waals surface area (Å²) in [5.74, 6) is 2.14. The molecule has 6 nitrogen and oxygen atoms in total. The van der Waals surface area contributed by atoms with E-state index >= 15 is 0 Å². The monoisotopic (exact) mass is 307 g/mol. The summed E-state index contributed by atoms with van der Waals surface area (Å²) in [5, 5.41) is 17.1. The van der Waals surface area contributed by atoms with E-state index in [9.17, 15) is 0 Å². The van der Waals surface area contributed by atoms with Gasteiger partial charge in [-0.3, -0.25) is 4.98 Å². The van der Waals surface area contributed by atoms with Crippen molar-refractivity contribution in [2.75, 3.05) is 0 Å². The van der Waals surface area contributed by atoms with Crippen LogP contribution in [0.5, 0.6) is 0 Å². The van der Waals surface area contributed by atoms with E-state index in [0.717, 1.165) is 24.2 Å². The van der Waals surface area contributed by atoms with Gasteiger partial charge in [0.05, 0.1) is 11.8 Å². The van der Waals surface area contributed by atoms with Crippen molar-refractivity contribution < 1.29 is 4.42 Å². The van der Waals surface area contributed by atoms with Crippen LogP contribution in [0.15, 0.2) is 47.5 Å². The highest BCUT2D eigenvalue weighted by Crippen LogP contribution is 2.39. The molecule has 0 spiro atoms. The van der Waals surface area contributed by atoms with Crippen molar-refractivity contribution in [1.82, 2.24) is 25.4 Å². The molecule has 0 aromatic carbocycles. The fourth-order valence-corrected chi connectivity index (χ4v) is 3.34. The molecule has 2 atom stereocenters. The van der Waals surface area contributed by atoms with Crippen LogP contribution in [0, 0.1) is 5.92 Å². The van der Waals surface area contributed by atoms with Crippen LogP contribution in [0.1, 0.15) is 36.6 Å². The topological polar surface area (TPSA) is 77.6 Å². The standard InChI is InChI=1S/C17H17N5O/c1-2-13(10-12-4-7-18-8-5-12)15(3-1)17-21-19-16(20-22-17)14-6-9-23-11-14/h4-9,11,13,15H,1-3,10H2/t13-,15+/m1/s1. The average Bonchev–Trinajstić information content (AvgIpc) is 3.28. The van der Waals surface area contributed by atoms with Crippen molar-refractivity contribution in [2.24, 2.45) is 5.92 Å². The average molecular weight is 307 g/mol. The van der Waals surface area contributed by atoms with Crippen molar-refractivity contribution in [1.29, 1.82) is 0 Å². The Morgan fingerprint density at radius 1 is 1.00 bits per heavy atom. The smallest absolute Gasteiger partial charge is 0.206 e. The second-order valence-electron chi connectivity index (χ2n) is 5.95. The van der Waals surface area contributed by atoms with Gasteiger partial charge in [0.1, 0.15) is 6.26 Å². The van der Waals surface area contributed by atoms with Crippen LogP contribution in [0.25, 0.3) is 11.4 Å². The number of rotatable bonds is 4. The fourth-order valence-electron chi connectivity index (χ4n) is 3.34. The van der Waals surface area contributed by atoms with E-state index in [4.69, 9.17) is 4.42 Å². The van der Waals surface area contributed by atoms with Gasteiger partial charge in [0, 0.05) is 18.3 Å². The Morgan fingerprint density at radius 2 is 1.83 bits per heavy atom. The molecule has 3 heterocycles. The van der Waals surface area contributed by atoms with Crippen LogP contribution in [-0.2, 0) is 6.42 Å². The Morgan fingerprint density at radius 3 is 2.57 bits per heavy atom. The summed E-state index contributed by atoms with van der Waals surface area (Å²) >= 11 is 0. The van der Waals surface area contributed by atoms with Crippen molar-refractivity contribution in [3.63, 3.8) is 0 Å². The van der Waals surface area contributed by atoms with E-state index in [1.165, 1.54) is 18.4 Å². The number of hydrogen-bond acceptors (Lipinski definition) is 6. The third-order valence-corrected chi connectivity index (χ3v) is 4.51. The maximum atomic E-state index is 5.04. The van der Waals surface area contributed by atoms with Gasteiger partial charge in [-0.1, -0.05) is 6.42 Å². The number of nitrogens with zero attached hydrogens (tertiary/aromatic N) is 5. The van der Waals surface area contributed by atoms with Crippen LogP contribution < -0.4 is 0 Å². The van der Waals surface area contributed by atoms with E-state index in [2.05, 4.69) is 37.5 Å². The van der Waals surface area contributed by atoms with Gasteiger partial charge in [-0.15, -0.1) is 20.4 Å². The van der Waals surface area contributed by atoms with E-state index < -0.39 is 0 Å². The normalized spacial score (nSPS) is 20.7. The van der Waals surface area contributed by atoms with Crippen LogP contribution in [0.4, 0.5) is 0 Å². The first-order valence-electron chi connectivity index (χ1n) is 7.89. The van der Waals surface area contributed by atoms with Crippen molar-refractivity contribution >= 4 is 0 Å². The molecule has 0 unspecified atom stereocenters. The van der Waals surface area contributed by atoms with Gasteiger partial charge in [-0.25, -0.2) is 0 Å². The molecule has 6 heteroatoms. The lowest BCUT2D eigenvalue weighted by Gasteiger charge is -2.17. The lowest BCUT2D eigenvalue weighted by Crippen LogP contribution is -2.14. The highest BCUT2D eigenvalue weighted by Gasteiger charge is 2.31. The summed E-state index contributed by atoms with van der Waals surface area (Å²) in [7, 11) is 0. The van der Waals surface area contributed by atoms with Gasteiger partial charge in [0.2, 0.25) is 5.82 Å². The quantitative estimate of drug-likeness (QED) is 0.737. The SMILES string of the molecule is c1cc(C[C@H]2CCC[C@@H]2c2nnc(-c3ccoc3)nn2)ccn1. The molecule has 116 valence electrons. The summed E-state index contributed by atoms with van der Waals surface area (Å²) in [6, 6.07) is 5.96. The van der Waals surface area contributed by atoms with Gasteiger partial charge in [0.15, 0.2) is 5.82 Å². The highest BCUT2D eigenvalue weighted by atomic mass is 16.3. The Hall–Kier alpha value is -2.63. The van der Waals surface area contributed by atoms with E-state index in [1.807, 2.05) is 12.4 Å². The van der Waals surface area contributed by atoms with Crippen molar-refractivity contribution in [2.45, 2.75) is 31.6 Å². The number of pyridine rings is 1. The first-order chi connectivity index (χ1) is 11.4. The van der Waals surface area contributed by atoms with Gasteiger partial charge in [-0.2, -0.15) is 0 Å². The molecule has 1 saturated carbocycles. The van der Waals surface area contributed by atoms with Crippen LogP contribution in [0.2, 0.25) is 0 Å². The maximum Gasteiger partial charge on any atom is 0.206 e. The lowest BCUT2D eigenvalue weighted by molar-refractivity contribution is 0.454. The number of hydrogen-bond donors (Lipinski definition) is 0. The van der Waals surface area contributed by atoms with Crippen LogP contribution in [0.3, 0.4) is 0 Å². The molecular formula is C17H17N5O. The summed E-state index contributed by atoms with van der Waals surface area (Å²) in [6.45, 7) is 0. The van der Waals surface area contributed by atoms with E-state index in [0.29, 0.717) is 17.7 Å². The van der Waals surface area contributed by atoms with Gasteiger partial charge >= 0.3 is 0 Å². The minimum atomic E-state index is 0.335. The molecule has 3 aromatic rings. The third-order valence-electron chi connectivity index (χ3n) is 4.51. The second kappa shape index (κ2) is 6.24. The van der Waals surface area contributed by atoms with Crippen molar-refractivity contribution in [3.05, 3.63) is 54.5 Å². The molecule has 4 rings (SSSR count). The van der Waals surface area contributed by atoms with Gasteiger partial charge < -0.3 is 4.42 Å². The molecule has 0 aliphatic heterocycles. The molecule has 0 bridgehead atoms. The first-order valence-corrected chi connectivity index (χ1v) is 7.89. The number of aromatic nitrogens is 5. The molecule has 1 fully saturated rings. The lowest BCUT2D eigenvalue weighted by atomic mass is 9.89. The second-order valence-corrected chi connectivity index (χ2v) is 5.95. The first kappa shape index (κ1) is 14.0. The van der Waals surface area contributed by atoms with Crippen LogP contribution in [-0.4, -0.2) is 25.4 Å². The molecule has 3 aromatic heterocycles. The van der Waals surface area contributed by atoms with Gasteiger partial charge in [-0.05, 0) is 48.9 Å². The maximum absolute atomic E-state index is 5.04. The Balaban J connectivity index is 1.52. The molecule has 0 saturated heterocycles. The third kappa shape index (κ3) is 2.97. The molecule has 0 amide bonds. The molecular weight excluding hydrogens is 290 g/mol. The predicted molar refractivity (Wildman–Crippen MR) is 83.3 cm³/mol. The molecule has 0 radical (unpaired) electrons. The van der Waals surface area contributed by atoms with E-state index in [1.54, 1.807) is 18.6 Å². The fraction of sp³-hybridized carbons (Fsp3) is 0.353. The molecule has 1 aliphatic carbocycles. The van der Waals surface area contributed by atoms with Crippen molar-refractivity contribution in [3.8, 4) is 11.4 Å². The van der Waals surface area contributed by atoms with Gasteiger partial charge in [0.25, 0.3) is 0 Å². The minimum Gasteiger partial charge on any atom is -0.472 e. The predicted octanol–water partition coefficient (Wildman–Crippen LogP) is 3.05. The minimum absolute atomic E-state index is 0.335. The Kier molecular flexibility index (Phi) is 3.80. The summed E-state index contributed by atoms with van der Waals surface area (Å²) < 4.78 is 5.04. The largest absolute Gasteiger partial charge is 0.472 e.